The molecule has 1 saturated carbocycles. The molecule has 0 aliphatic heterocycles. The summed E-state index contributed by atoms with van der Waals surface area (Å²) >= 11 is 0. The van der Waals surface area contributed by atoms with Gasteiger partial charge >= 0.3 is 0 Å². The molecule has 1 aliphatic rings. The van der Waals surface area contributed by atoms with Crippen LogP contribution in [-0.4, -0.2) is 14.5 Å². The average Bonchev–Trinajstić information content (AvgIpc) is 3.54. The Kier molecular flexibility index (Phi) is 5.51. The first-order chi connectivity index (χ1) is 13.7. The fourth-order valence-electron chi connectivity index (χ4n) is 3.31. The van der Waals surface area contributed by atoms with Gasteiger partial charge in [-0.1, -0.05) is 37.1 Å². The van der Waals surface area contributed by atoms with Crippen LogP contribution in [0.4, 0.5) is 0 Å². The second-order valence-electron chi connectivity index (χ2n) is 7.51. The molecule has 3 aromatic rings. The van der Waals surface area contributed by atoms with Crippen LogP contribution < -0.4 is 10.3 Å². The van der Waals surface area contributed by atoms with Gasteiger partial charge < -0.3 is 9.30 Å². The van der Waals surface area contributed by atoms with Crippen molar-refractivity contribution in [1.82, 2.24) is 14.5 Å². The third-order valence-electron chi connectivity index (χ3n) is 5.20. The smallest absolute Gasteiger partial charge is 0.254 e. The van der Waals surface area contributed by atoms with Crippen LogP contribution in [0.3, 0.4) is 0 Å². The van der Waals surface area contributed by atoms with Gasteiger partial charge in [-0.25, -0.2) is 9.97 Å². The van der Waals surface area contributed by atoms with E-state index in [4.69, 9.17) is 4.74 Å². The van der Waals surface area contributed by atoms with Crippen molar-refractivity contribution in [3.05, 3.63) is 87.9 Å². The van der Waals surface area contributed by atoms with Crippen molar-refractivity contribution in [2.75, 3.05) is 0 Å². The number of aromatic nitrogens is 3. The lowest BCUT2D eigenvalue weighted by atomic mass is 10.1. The Labute approximate surface area is 165 Å². The van der Waals surface area contributed by atoms with Gasteiger partial charge in [0.1, 0.15) is 12.4 Å². The van der Waals surface area contributed by atoms with Gasteiger partial charge in [0, 0.05) is 24.2 Å². The van der Waals surface area contributed by atoms with Crippen LogP contribution in [0.15, 0.2) is 59.7 Å². The summed E-state index contributed by atoms with van der Waals surface area (Å²) in [6, 6.07) is 13.8. The van der Waals surface area contributed by atoms with E-state index in [9.17, 15) is 4.79 Å². The molecule has 144 valence electrons. The van der Waals surface area contributed by atoms with E-state index in [0.29, 0.717) is 18.1 Å². The van der Waals surface area contributed by atoms with Crippen LogP contribution in [-0.2, 0) is 19.6 Å². The zero-order chi connectivity index (χ0) is 19.3. The monoisotopic (exact) mass is 375 g/mol. The van der Waals surface area contributed by atoms with Crippen molar-refractivity contribution in [2.24, 2.45) is 5.92 Å². The number of hydrogen-bond acceptors (Lipinski definition) is 4. The molecule has 0 saturated heterocycles. The number of nitrogens with zero attached hydrogens (tertiary/aromatic N) is 3. The summed E-state index contributed by atoms with van der Waals surface area (Å²) in [4.78, 5) is 20.8. The van der Waals surface area contributed by atoms with Gasteiger partial charge in [0.25, 0.3) is 5.56 Å². The minimum atomic E-state index is -0.0678. The van der Waals surface area contributed by atoms with Gasteiger partial charge in [-0.05, 0) is 48.9 Å². The van der Waals surface area contributed by atoms with E-state index < -0.39 is 0 Å². The number of aryl methyl sites for hydroxylation is 2. The lowest BCUT2D eigenvalue weighted by molar-refractivity contribution is 0.294. The molecular formula is C23H25N3O2. The molecule has 1 aliphatic carbocycles. The van der Waals surface area contributed by atoms with E-state index >= 15 is 0 Å². The molecule has 0 N–H and O–H groups in total. The molecule has 1 fully saturated rings. The third kappa shape index (κ3) is 4.85. The van der Waals surface area contributed by atoms with Crippen molar-refractivity contribution < 1.29 is 4.74 Å². The van der Waals surface area contributed by atoms with Crippen molar-refractivity contribution in [1.29, 1.82) is 0 Å². The second kappa shape index (κ2) is 8.38. The fraction of sp³-hybridized carbons (Fsp3) is 0.348. The summed E-state index contributed by atoms with van der Waals surface area (Å²) < 4.78 is 7.46. The Balaban J connectivity index is 1.40. The lowest BCUT2D eigenvalue weighted by Crippen LogP contribution is -2.22. The average molecular weight is 375 g/mol. The SMILES string of the molecule is Cc1cc(OCc2ncccn2)cc(=O)n1Cc1ccc(CCC2CC2)cc1. The van der Waals surface area contributed by atoms with Gasteiger partial charge in [-0.2, -0.15) is 0 Å². The normalized spacial score (nSPS) is 13.5. The predicted octanol–water partition coefficient (Wildman–Crippen LogP) is 3.92. The maximum Gasteiger partial charge on any atom is 0.254 e. The summed E-state index contributed by atoms with van der Waals surface area (Å²) in [6.07, 6.45) is 8.60. The van der Waals surface area contributed by atoms with Gasteiger partial charge in [0.15, 0.2) is 5.82 Å². The molecule has 4 rings (SSSR count). The highest BCUT2D eigenvalue weighted by atomic mass is 16.5. The van der Waals surface area contributed by atoms with E-state index in [2.05, 4.69) is 34.2 Å². The van der Waals surface area contributed by atoms with Crippen molar-refractivity contribution in [3.8, 4) is 5.75 Å². The standard InChI is InChI=1S/C23H25N3O2/c1-17-13-21(28-16-22-24-11-2-12-25-22)14-23(27)26(17)15-20-9-7-19(8-10-20)6-5-18-3-4-18/h2,7-14,18H,3-6,15-16H2,1H3. The molecule has 0 unspecified atom stereocenters. The highest BCUT2D eigenvalue weighted by Crippen LogP contribution is 2.33. The molecule has 0 atom stereocenters. The largest absolute Gasteiger partial charge is 0.485 e. The Bertz CT molecular complexity index is 977. The van der Waals surface area contributed by atoms with Gasteiger partial charge in [0.2, 0.25) is 0 Å². The highest BCUT2D eigenvalue weighted by molar-refractivity contribution is 5.27. The zero-order valence-electron chi connectivity index (χ0n) is 16.2. The minimum Gasteiger partial charge on any atom is -0.485 e. The zero-order valence-corrected chi connectivity index (χ0v) is 16.2. The molecule has 0 radical (unpaired) electrons. The number of benzene rings is 1. The number of pyridine rings is 1. The molecular weight excluding hydrogens is 350 g/mol. The molecule has 0 spiro atoms. The van der Waals surface area contributed by atoms with E-state index in [1.165, 1.54) is 30.9 Å². The molecule has 28 heavy (non-hydrogen) atoms. The van der Waals surface area contributed by atoms with E-state index in [-0.39, 0.29) is 12.2 Å². The Morgan fingerprint density at radius 2 is 1.79 bits per heavy atom. The second-order valence-corrected chi connectivity index (χ2v) is 7.51. The van der Waals surface area contributed by atoms with E-state index in [0.717, 1.165) is 23.6 Å². The van der Waals surface area contributed by atoms with Crippen LogP contribution in [0.1, 0.15) is 41.9 Å². The van der Waals surface area contributed by atoms with Crippen molar-refractivity contribution in [3.63, 3.8) is 0 Å². The topological polar surface area (TPSA) is 57.0 Å². The predicted molar refractivity (Wildman–Crippen MR) is 108 cm³/mol. The fourth-order valence-corrected chi connectivity index (χ4v) is 3.31. The highest BCUT2D eigenvalue weighted by Gasteiger charge is 2.20. The van der Waals surface area contributed by atoms with Gasteiger partial charge in [0.05, 0.1) is 6.54 Å². The molecule has 0 amide bonds. The Morgan fingerprint density at radius 3 is 2.46 bits per heavy atom. The maximum atomic E-state index is 12.6. The van der Waals surface area contributed by atoms with Crippen LogP contribution in [0.25, 0.3) is 0 Å². The molecule has 2 heterocycles. The third-order valence-corrected chi connectivity index (χ3v) is 5.20. The van der Waals surface area contributed by atoms with Gasteiger partial charge in [-0.3, -0.25) is 4.79 Å². The quantitative estimate of drug-likeness (QED) is 0.599. The first kappa shape index (κ1) is 18.4. The molecule has 2 aromatic heterocycles. The van der Waals surface area contributed by atoms with Gasteiger partial charge in [-0.15, -0.1) is 0 Å². The van der Waals surface area contributed by atoms with Crippen LogP contribution in [0.5, 0.6) is 5.75 Å². The van der Waals surface area contributed by atoms with E-state index in [1.54, 1.807) is 23.0 Å². The summed E-state index contributed by atoms with van der Waals surface area (Å²) in [5.41, 5.74) is 3.31. The number of rotatable bonds is 8. The number of ether oxygens (including phenoxy) is 1. The van der Waals surface area contributed by atoms with Crippen LogP contribution >= 0.6 is 0 Å². The number of hydrogen-bond donors (Lipinski definition) is 0. The summed E-state index contributed by atoms with van der Waals surface area (Å²) in [5, 5.41) is 0. The molecule has 0 bridgehead atoms. The van der Waals surface area contributed by atoms with Crippen LogP contribution in [0, 0.1) is 12.8 Å². The van der Waals surface area contributed by atoms with Crippen molar-refractivity contribution >= 4 is 0 Å². The summed E-state index contributed by atoms with van der Waals surface area (Å²) in [7, 11) is 0. The summed E-state index contributed by atoms with van der Waals surface area (Å²) in [5.74, 6) is 2.09. The molecule has 5 nitrogen and oxygen atoms in total. The Morgan fingerprint density at radius 1 is 1.07 bits per heavy atom. The Hall–Kier alpha value is -2.95. The van der Waals surface area contributed by atoms with Crippen molar-refractivity contribution in [2.45, 2.75) is 45.8 Å². The first-order valence-electron chi connectivity index (χ1n) is 9.85. The lowest BCUT2D eigenvalue weighted by Gasteiger charge is -2.13. The molecule has 1 aromatic carbocycles. The van der Waals surface area contributed by atoms with E-state index in [1.807, 2.05) is 13.0 Å². The summed E-state index contributed by atoms with van der Waals surface area (Å²) in [6.45, 7) is 2.74. The maximum absolute atomic E-state index is 12.6. The van der Waals surface area contributed by atoms with Crippen LogP contribution in [0.2, 0.25) is 0 Å². The first-order valence-corrected chi connectivity index (χ1v) is 9.85. The molecule has 5 heteroatoms. The minimum absolute atomic E-state index is 0.0678.